The third-order valence-electron chi connectivity index (χ3n) is 5.18. The summed E-state index contributed by atoms with van der Waals surface area (Å²) in [7, 11) is 0. The highest BCUT2D eigenvalue weighted by Gasteiger charge is 2.33. The molecule has 0 saturated carbocycles. The Bertz CT molecular complexity index is 1070. The first-order valence-corrected chi connectivity index (χ1v) is 9.46. The number of pyridine rings is 1. The van der Waals surface area contributed by atoms with Crippen molar-refractivity contribution in [2.45, 2.75) is 19.9 Å². The molecule has 0 radical (unpaired) electrons. The Kier molecular flexibility index (Phi) is 5.10. The lowest BCUT2D eigenvalue weighted by Crippen LogP contribution is -2.44. The van der Waals surface area contributed by atoms with Gasteiger partial charge in [-0.1, -0.05) is 18.2 Å². The van der Waals surface area contributed by atoms with E-state index in [-0.39, 0.29) is 11.9 Å². The lowest BCUT2D eigenvalue weighted by Gasteiger charge is -2.35. The first kappa shape index (κ1) is 18.8. The lowest BCUT2D eigenvalue weighted by atomic mass is 10.0. The average Bonchev–Trinajstić information content (AvgIpc) is 3.07. The summed E-state index contributed by atoms with van der Waals surface area (Å²) in [6.07, 6.45) is 1.42. The molecule has 29 heavy (non-hydrogen) atoms. The van der Waals surface area contributed by atoms with Crippen molar-refractivity contribution in [2.75, 3.05) is 19.8 Å². The Labute approximate surface area is 169 Å². The Morgan fingerprint density at radius 2 is 2.00 bits per heavy atom. The molecule has 1 aromatic carbocycles. The predicted octanol–water partition coefficient (Wildman–Crippen LogP) is 2.97. The van der Waals surface area contributed by atoms with Crippen molar-refractivity contribution in [2.24, 2.45) is 0 Å². The van der Waals surface area contributed by atoms with Crippen LogP contribution in [-0.4, -0.2) is 45.3 Å². The maximum absolute atomic E-state index is 13.2. The molecule has 3 heterocycles. The number of hydrogen-bond acceptors (Lipinski definition) is 5. The molecule has 7 nitrogen and oxygen atoms in total. The number of hydrogen-bond donors (Lipinski definition) is 0. The van der Waals surface area contributed by atoms with Crippen LogP contribution in [0.5, 0.6) is 0 Å². The van der Waals surface area contributed by atoms with Crippen LogP contribution in [0, 0.1) is 25.2 Å². The second-order valence-corrected chi connectivity index (χ2v) is 6.97. The van der Waals surface area contributed by atoms with E-state index in [2.05, 4.69) is 4.98 Å². The zero-order chi connectivity index (χ0) is 20.4. The van der Waals surface area contributed by atoms with E-state index in [4.69, 9.17) is 15.1 Å². The highest BCUT2D eigenvalue weighted by molar-refractivity contribution is 5.92. The van der Waals surface area contributed by atoms with Gasteiger partial charge in [0.2, 0.25) is 0 Å². The van der Waals surface area contributed by atoms with Gasteiger partial charge in [-0.05, 0) is 38.1 Å². The molecule has 0 spiro atoms. The normalized spacial score (nSPS) is 16.4. The molecular formula is C22H21N5O2. The summed E-state index contributed by atoms with van der Waals surface area (Å²) in [6.45, 7) is 5.33. The highest BCUT2D eigenvalue weighted by Crippen LogP contribution is 2.31. The first-order chi connectivity index (χ1) is 14.1. The molecule has 3 aromatic rings. The number of amides is 1. The van der Waals surface area contributed by atoms with E-state index in [1.165, 1.54) is 6.20 Å². The van der Waals surface area contributed by atoms with E-state index < -0.39 is 0 Å². The number of rotatable bonds is 3. The Morgan fingerprint density at radius 3 is 2.69 bits per heavy atom. The minimum Gasteiger partial charge on any atom is -0.377 e. The first-order valence-electron chi connectivity index (χ1n) is 9.46. The van der Waals surface area contributed by atoms with Crippen molar-refractivity contribution in [1.82, 2.24) is 19.7 Å². The van der Waals surface area contributed by atoms with E-state index in [9.17, 15) is 4.79 Å². The molecule has 1 aliphatic heterocycles. The smallest absolute Gasteiger partial charge is 0.273 e. The van der Waals surface area contributed by atoms with Gasteiger partial charge >= 0.3 is 0 Å². The third-order valence-corrected chi connectivity index (χ3v) is 5.18. The van der Waals surface area contributed by atoms with Crippen LogP contribution < -0.4 is 0 Å². The van der Waals surface area contributed by atoms with E-state index >= 15 is 0 Å². The number of benzene rings is 1. The molecule has 1 aliphatic rings. The van der Waals surface area contributed by atoms with Gasteiger partial charge in [0.1, 0.15) is 11.8 Å². The Hall–Kier alpha value is -3.50. The summed E-state index contributed by atoms with van der Waals surface area (Å²) in [5.74, 6) is -0.172. The number of ether oxygens (including phenoxy) is 1. The lowest BCUT2D eigenvalue weighted by molar-refractivity contribution is -0.00334. The number of nitriles is 1. The number of carbonyl (C=O) groups is 1. The maximum atomic E-state index is 13.2. The van der Waals surface area contributed by atoms with Crippen LogP contribution >= 0.6 is 0 Å². The fourth-order valence-corrected chi connectivity index (χ4v) is 3.78. The van der Waals surface area contributed by atoms with Gasteiger partial charge in [0.05, 0.1) is 36.2 Å². The molecule has 146 valence electrons. The number of para-hydroxylation sites is 1. The largest absolute Gasteiger partial charge is 0.377 e. The van der Waals surface area contributed by atoms with E-state index in [0.717, 1.165) is 22.6 Å². The van der Waals surface area contributed by atoms with Crippen LogP contribution in [0.2, 0.25) is 0 Å². The second-order valence-electron chi connectivity index (χ2n) is 6.97. The van der Waals surface area contributed by atoms with Gasteiger partial charge < -0.3 is 9.64 Å². The second kappa shape index (κ2) is 7.86. The van der Waals surface area contributed by atoms with Crippen molar-refractivity contribution in [3.05, 3.63) is 76.9 Å². The van der Waals surface area contributed by atoms with Gasteiger partial charge in [0, 0.05) is 24.0 Å². The molecule has 2 aromatic heterocycles. The Morgan fingerprint density at radius 1 is 1.21 bits per heavy atom. The summed E-state index contributed by atoms with van der Waals surface area (Å²) in [4.78, 5) is 19.2. The molecule has 7 heteroatoms. The van der Waals surface area contributed by atoms with Gasteiger partial charge in [-0.3, -0.25) is 4.79 Å². The van der Waals surface area contributed by atoms with E-state index in [0.29, 0.717) is 31.0 Å². The number of carbonyl (C=O) groups excluding carboxylic acids is 1. The van der Waals surface area contributed by atoms with Crippen LogP contribution in [0.15, 0.2) is 48.7 Å². The quantitative estimate of drug-likeness (QED) is 0.690. The van der Waals surface area contributed by atoms with Crippen molar-refractivity contribution < 1.29 is 9.53 Å². The average molecular weight is 387 g/mol. The van der Waals surface area contributed by atoms with E-state index in [1.54, 1.807) is 17.0 Å². The van der Waals surface area contributed by atoms with Gasteiger partial charge in [-0.2, -0.15) is 10.4 Å². The minimum absolute atomic E-state index is 0.172. The number of morpholine rings is 1. The van der Waals surface area contributed by atoms with Crippen LogP contribution in [-0.2, 0) is 4.74 Å². The topological polar surface area (TPSA) is 84.0 Å². The summed E-state index contributed by atoms with van der Waals surface area (Å²) in [5.41, 5.74) is 4.57. The number of aryl methyl sites for hydroxylation is 1. The summed E-state index contributed by atoms with van der Waals surface area (Å²) >= 11 is 0. The highest BCUT2D eigenvalue weighted by atomic mass is 16.5. The van der Waals surface area contributed by atoms with Gasteiger partial charge in [-0.25, -0.2) is 9.67 Å². The summed E-state index contributed by atoms with van der Waals surface area (Å²) in [5, 5.41) is 13.7. The zero-order valence-corrected chi connectivity index (χ0v) is 16.4. The standard InChI is InChI=1S/C22H21N5O2/c1-15-21(16(2)27(25-15)18-6-4-3-5-7-18)20-14-29-11-10-26(20)22(28)19-9-8-17(12-23)13-24-19/h3-9,13,20H,10-11,14H2,1-2H3. The SMILES string of the molecule is Cc1nn(-c2ccccc2)c(C)c1C1COCCN1C(=O)c1ccc(C#N)cn1. The van der Waals surface area contributed by atoms with Crippen molar-refractivity contribution in [3.63, 3.8) is 0 Å². The summed E-state index contributed by atoms with van der Waals surface area (Å²) < 4.78 is 7.62. The molecule has 0 N–H and O–H groups in total. The molecule has 1 fully saturated rings. The molecule has 4 rings (SSSR count). The fourth-order valence-electron chi connectivity index (χ4n) is 3.78. The molecule has 1 amide bonds. The molecule has 0 bridgehead atoms. The van der Waals surface area contributed by atoms with Crippen LogP contribution in [0.1, 0.15) is 39.0 Å². The molecular weight excluding hydrogens is 366 g/mol. The molecule has 1 atom stereocenters. The van der Waals surface area contributed by atoms with Crippen LogP contribution in [0.25, 0.3) is 5.69 Å². The monoisotopic (exact) mass is 387 g/mol. The number of nitrogens with zero attached hydrogens (tertiary/aromatic N) is 5. The Balaban J connectivity index is 1.70. The molecule has 1 saturated heterocycles. The predicted molar refractivity (Wildman–Crippen MR) is 107 cm³/mol. The maximum Gasteiger partial charge on any atom is 0.273 e. The van der Waals surface area contributed by atoms with Gasteiger partial charge in [0.25, 0.3) is 5.91 Å². The van der Waals surface area contributed by atoms with Gasteiger partial charge in [-0.15, -0.1) is 0 Å². The van der Waals surface area contributed by atoms with Crippen LogP contribution in [0.3, 0.4) is 0 Å². The number of aromatic nitrogens is 3. The van der Waals surface area contributed by atoms with Crippen molar-refractivity contribution >= 4 is 5.91 Å². The van der Waals surface area contributed by atoms with Gasteiger partial charge in [0.15, 0.2) is 0 Å². The molecule has 0 aliphatic carbocycles. The minimum atomic E-state index is -0.244. The fraction of sp³-hybridized carbons (Fsp3) is 0.273. The third kappa shape index (κ3) is 3.50. The van der Waals surface area contributed by atoms with Crippen molar-refractivity contribution in [1.29, 1.82) is 5.26 Å². The zero-order valence-electron chi connectivity index (χ0n) is 16.4. The molecule has 1 unspecified atom stereocenters. The van der Waals surface area contributed by atoms with Crippen molar-refractivity contribution in [3.8, 4) is 11.8 Å². The summed E-state index contributed by atoms with van der Waals surface area (Å²) in [6, 6.07) is 14.9. The van der Waals surface area contributed by atoms with Crippen LogP contribution in [0.4, 0.5) is 0 Å². The van der Waals surface area contributed by atoms with E-state index in [1.807, 2.05) is 54.9 Å².